The van der Waals surface area contributed by atoms with Gasteiger partial charge < -0.3 is 10.6 Å². The van der Waals surface area contributed by atoms with Crippen molar-refractivity contribution in [3.05, 3.63) is 11.8 Å². The Morgan fingerprint density at radius 3 is 2.82 bits per heavy atom. The van der Waals surface area contributed by atoms with E-state index in [1.165, 1.54) is 11.8 Å². The fourth-order valence-corrected chi connectivity index (χ4v) is 2.70. The molecular weight excluding hydrogens is 236 g/mol. The van der Waals surface area contributed by atoms with Crippen molar-refractivity contribution < 1.29 is 4.79 Å². The second-order valence-electron chi connectivity index (χ2n) is 4.08. The monoisotopic (exact) mass is 252 g/mol. The van der Waals surface area contributed by atoms with Gasteiger partial charge in [-0.2, -0.15) is 0 Å². The van der Waals surface area contributed by atoms with Gasteiger partial charge in [0.25, 0.3) is 0 Å². The van der Waals surface area contributed by atoms with Gasteiger partial charge in [-0.05, 0) is 25.8 Å². The van der Waals surface area contributed by atoms with E-state index in [1.807, 2.05) is 17.9 Å². The fourth-order valence-electron chi connectivity index (χ4n) is 1.83. The molecule has 0 atom stereocenters. The lowest BCUT2D eigenvalue weighted by atomic mass is 10.4. The number of thioether (sulfide) groups is 1. The van der Waals surface area contributed by atoms with Crippen LogP contribution in [0.2, 0.25) is 0 Å². The number of rotatable bonds is 3. The number of anilines is 1. The van der Waals surface area contributed by atoms with Crippen LogP contribution >= 0.6 is 11.8 Å². The van der Waals surface area contributed by atoms with Gasteiger partial charge in [0.05, 0.1) is 5.75 Å². The number of aryl methyl sites for hydroxylation is 1. The van der Waals surface area contributed by atoms with E-state index in [4.69, 9.17) is 5.73 Å². The standard InChI is InChI=1S/C11H16N4OS/c1-8-6-9(14-11(12)13-8)17-7-10(16)15-4-2-3-5-15/h6H,2-5,7H2,1H3,(H2,12,13,14). The summed E-state index contributed by atoms with van der Waals surface area (Å²) in [6, 6.07) is 1.85. The Hall–Kier alpha value is -1.30. The predicted molar refractivity (Wildman–Crippen MR) is 67.7 cm³/mol. The molecule has 1 aromatic rings. The van der Waals surface area contributed by atoms with Gasteiger partial charge in [0.15, 0.2) is 0 Å². The maximum absolute atomic E-state index is 11.8. The van der Waals surface area contributed by atoms with Gasteiger partial charge >= 0.3 is 0 Å². The number of nitrogens with two attached hydrogens (primary N) is 1. The van der Waals surface area contributed by atoms with Crippen LogP contribution in [0.25, 0.3) is 0 Å². The van der Waals surface area contributed by atoms with Crippen molar-refractivity contribution in [3.8, 4) is 0 Å². The zero-order valence-electron chi connectivity index (χ0n) is 9.85. The van der Waals surface area contributed by atoms with Crippen molar-refractivity contribution in [2.24, 2.45) is 0 Å². The highest BCUT2D eigenvalue weighted by atomic mass is 32.2. The number of amides is 1. The van der Waals surface area contributed by atoms with Crippen LogP contribution in [0.4, 0.5) is 5.95 Å². The third-order valence-electron chi connectivity index (χ3n) is 2.65. The summed E-state index contributed by atoms with van der Waals surface area (Å²) in [5.41, 5.74) is 6.38. The highest BCUT2D eigenvalue weighted by Crippen LogP contribution is 2.18. The van der Waals surface area contributed by atoms with E-state index in [2.05, 4.69) is 9.97 Å². The molecule has 0 aromatic carbocycles. The number of carbonyl (C=O) groups is 1. The van der Waals surface area contributed by atoms with Crippen molar-refractivity contribution in [2.45, 2.75) is 24.8 Å². The molecule has 1 aliphatic heterocycles. The average molecular weight is 252 g/mol. The molecule has 1 aliphatic rings. The summed E-state index contributed by atoms with van der Waals surface area (Å²) in [7, 11) is 0. The largest absolute Gasteiger partial charge is 0.368 e. The van der Waals surface area contributed by atoms with E-state index < -0.39 is 0 Å². The summed E-state index contributed by atoms with van der Waals surface area (Å²) in [5, 5.41) is 0.766. The Kier molecular flexibility index (Phi) is 3.83. The second-order valence-corrected chi connectivity index (χ2v) is 5.08. The maximum atomic E-state index is 11.8. The van der Waals surface area contributed by atoms with Gasteiger partial charge in [0, 0.05) is 18.8 Å². The molecule has 1 aromatic heterocycles. The van der Waals surface area contributed by atoms with Crippen LogP contribution in [-0.4, -0.2) is 39.6 Å². The summed E-state index contributed by atoms with van der Waals surface area (Å²) in [6.45, 7) is 3.65. The molecule has 17 heavy (non-hydrogen) atoms. The SMILES string of the molecule is Cc1cc(SCC(=O)N2CCCC2)nc(N)n1. The Morgan fingerprint density at radius 2 is 2.18 bits per heavy atom. The molecule has 0 unspecified atom stereocenters. The van der Waals surface area contributed by atoms with Gasteiger partial charge in [-0.3, -0.25) is 4.79 Å². The third kappa shape index (κ3) is 3.33. The van der Waals surface area contributed by atoms with Gasteiger partial charge in [-0.15, -0.1) is 0 Å². The van der Waals surface area contributed by atoms with Crippen molar-refractivity contribution in [1.82, 2.24) is 14.9 Å². The van der Waals surface area contributed by atoms with Gasteiger partial charge in [-0.25, -0.2) is 9.97 Å². The van der Waals surface area contributed by atoms with Gasteiger partial charge in [-0.1, -0.05) is 11.8 Å². The minimum Gasteiger partial charge on any atom is -0.368 e. The number of likely N-dealkylation sites (tertiary alicyclic amines) is 1. The number of aromatic nitrogens is 2. The van der Waals surface area contributed by atoms with Crippen LogP contribution in [0.3, 0.4) is 0 Å². The first-order valence-corrected chi connectivity index (χ1v) is 6.65. The topological polar surface area (TPSA) is 72.1 Å². The Labute approximate surface area is 105 Å². The van der Waals surface area contributed by atoms with E-state index in [0.29, 0.717) is 5.75 Å². The quantitative estimate of drug-likeness (QED) is 0.644. The molecule has 1 amide bonds. The summed E-state index contributed by atoms with van der Waals surface area (Å²) in [6.07, 6.45) is 2.24. The lowest BCUT2D eigenvalue weighted by Gasteiger charge is -2.14. The molecule has 1 saturated heterocycles. The van der Waals surface area contributed by atoms with Crippen molar-refractivity contribution in [2.75, 3.05) is 24.6 Å². The lowest BCUT2D eigenvalue weighted by molar-refractivity contribution is -0.127. The van der Waals surface area contributed by atoms with Crippen molar-refractivity contribution >= 4 is 23.6 Å². The first-order valence-electron chi connectivity index (χ1n) is 5.67. The summed E-state index contributed by atoms with van der Waals surface area (Å²) >= 11 is 1.42. The number of carbonyl (C=O) groups excluding carboxylic acids is 1. The maximum Gasteiger partial charge on any atom is 0.232 e. The first kappa shape index (κ1) is 12.2. The Bertz CT molecular complexity index is 398. The molecule has 92 valence electrons. The zero-order valence-corrected chi connectivity index (χ0v) is 10.7. The Morgan fingerprint density at radius 1 is 1.47 bits per heavy atom. The van der Waals surface area contributed by atoms with Crippen LogP contribution in [0.1, 0.15) is 18.5 Å². The molecule has 6 heteroatoms. The highest BCUT2D eigenvalue weighted by molar-refractivity contribution is 7.99. The van der Waals surface area contributed by atoms with Crippen LogP contribution in [0.5, 0.6) is 0 Å². The molecule has 5 nitrogen and oxygen atoms in total. The molecule has 0 saturated carbocycles. The molecule has 0 spiro atoms. The Balaban J connectivity index is 1.90. The number of nitrogens with zero attached hydrogens (tertiary/aromatic N) is 3. The third-order valence-corrected chi connectivity index (χ3v) is 3.55. The van der Waals surface area contributed by atoms with Crippen molar-refractivity contribution in [3.63, 3.8) is 0 Å². The molecule has 2 rings (SSSR count). The predicted octanol–water partition coefficient (Wildman–Crippen LogP) is 1.08. The normalized spacial score (nSPS) is 15.2. The van der Waals surface area contributed by atoms with Gasteiger partial charge in [0.2, 0.25) is 11.9 Å². The molecule has 2 N–H and O–H groups in total. The fraction of sp³-hybridized carbons (Fsp3) is 0.545. The molecule has 2 heterocycles. The number of nitrogen functional groups attached to an aromatic ring is 1. The summed E-state index contributed by atoms with van der Waals surface area (Å²) in [4.78, 5) is 21.8. The highest BCUT2D eigenvalue weighted by Gasteiger charge is 2.17. The zero-order chi connectivity index (χ0) is 12.3. The van der Waals surface area contributed by atoms with Crippen LogP contribution in [0, 0.1) is 6.92 Å². The van der Waals surface area contributed by atoms with Crippen molar-refractivity contribution in [1.29, 1.82) is 0 Å². The molecular formula is C11H16N4OS. The summed E-state index contributed by atoms with van der Waals surface area (Å²) in [5.74, 6) is 0.874. The lowest BCUT2D eigenvalue weighted by Crippen LogP contribution is -2.29. The number of hydrogen-bond acceptors (Lipinski definition) is 5. The summed E-state index contributed by atoms with van der Waals surface area (Å²) < 4.78 is 0. The molecule has 0 radical (unpaired) electrons. The smallest absolute Gasteiger partial charge is 0.232 e. The minimum absolute atomic E-state index is 0.183. The van der Waals surface area contributed by atoms with Crippen LogP contribution < -0.4 is 5.73 Å². The van der Waals surface area contributed by atoms with Crippen LogP contribution in [0.15, 0.2) is 11.1 Å². The molecule has 1 fully saturated rings. The van der Waals surface area contributed by atoms with E-state index in [1.54, 1.807) is 0 Å². The second kappa shape index (κ2) is 5.35. The first-order chi connectivity index (χ1) is 8.15. The number of hydrogen-bond donors (Lipinski definition) is 1. The van der Waals surface area contributed by atoms with E-state index in [-0.39, 0.29) is 11.9 Å². The van der Waals surface area contributed by atoms with E-state index in [9.17, 15) is 4.79 Å². The molecule has 0 aliphatic carbocycles. The van der Waals surface area contributed by atoms with E-state index >= 15 is 0 Å². The minimum atomic E-state index is 0.183. The van der Waals surface area contributed by atoms with E-state index in [0.717, 1.165) is 36.7 Å². The van der Waals surface area contributed by atoms with Gasteiger partial charge in [0.1, 0.15) is 5.03 Å². The van der Waals surface area contributed by atoms with Crippen LogP contribution in [-0.2, 0) is 4.79 Å². The average Bonchev–Trinajstić information content (AvgIpc) is 2.78. The molecule has 0 bridgehead atoms.